The monoisotopic (exact) mass is 309 g/mol. The summed E-state index contributed by atoms with van der Waals surface area (Å²) in [6.45, 7) is 11.2. The molecule has 118 valence electrons. The number of carbonyl (C=O) groups excluding carboxylic acids is 1. The van der Waals surface area contributed by atoms with Crippen LogP contribution in [0, 0.1) is 0 Å². The molecule has 0 fully saturated rings. The van der Waals surface area contributed by atoms with E-state index in [4.69, 9.17) is 14.9 Å². The number of hydrogen-bond donors (Lipinski definition) is 1. The van der Waals surface area contributed by atoms with Crippen molar-refractivity contribution in [1.82, 2.24) is 0 Å². The van der Waals surface area contributed by atoms with Crippen LogP contribution in [0.1, 0.15) is 26.3 Å². The summed E-state index contributed by atoms with van der Waals surface area (Å²) in [5, 5.41) is 0.0979. The van der Waals surface area contributed by atoms with Crippen molar-refractivity contribution in [2.24, 2.45) is 5.73 Å². The number of rotatable bonds is 6. The molecule has 0 aliphatic heterocycles. The van der Waals surface area contributed by atoms with Crippen molar-refractivity contribution in [3.05, 3.63) is 35.9 Å². The highest BCUT2D eigenvalue weighted by Crippen LogP contribution is 2.36. The van der Waals surface area contributed by atoms with E-state index < -0.39 is 20.3 Å². The lowest BCUT2D eigenvalue weighted by Crippen LogP contribution is -2.46. The molecule has 0 heterocycles. The maximum absolute atomic E-state index is 11.9. The normalized spacial score (nSPS) is 13.8. The van der Waals surface area contributed by atoms with E-state index in [1.807, 2.05) is 30.3 Å². The highest BCUT2D eigenvalue weighted by molar-refractivity contribution is 6.74. The highest BCUT2D eigenvalue weighted by Gasteiger charge is 2.37. The average Bonchev–Trinajstić information content (AvgIpc) is 2.42. The molecule has 5 heteroatoms. The van der Waals surface area contributed by atoms with Gasteiger partial charge in [-0.15, -0.1) is 0 Å². The van der Waals surface area contributed by atoms with E-state index in [-0.39, 0.29) is 18.3 Å². The fourth-order valence-electron chi connectivity index (χ4n) is 1.42. The second kappa shape index (κ2) is 7.20. The van der Waals surface area contributed by atoms with Gasteiger partial charge in [0, 0.05) is 0 Å². The predicted molar refractivity (Wildman–Crippen MR) is 87.4 cm³/mol. The molecule has 1 rings (SSSR count). The lowest BCUT2D eigenvalue weighted by molar-refractivity contribution is -0.147. The zero-order valence-electron chi connectivity index (χ0n) is 13.7. The van der Waals surface area contributed by atoms with E-state index in [0.717, 1.165) is 5.56 Å². The summed E-state index contributed by atoms with van der Waals surface area (Å²) in [6.07, 6.45) is 0. The summed E-state index contributed by atoms with van der Waals surface area (Å²) in [5.41, 5.74) is 6.80. The molecule has 1 aromatic carbocycles. The van der Waals surface area contributed by atoms with Crippen molar-refractivity contribution < 1.29 is 14.0 Å². The minimum absolute atomic E-state index is 0.0979. The first-order chi connectivity index (χ1) is 9.63. The molecule has 4 nitrogen and oxygen atoms in total. The third kappa shape index (κ3) is 5.61. The second-order valence-electron chi connectivity index (χ2n) is 6.77. The molecule has 0 radical (unpaired) electrons. The van der Waals surface area contributed by atoms with Gasteiger partial charge >= 0.3 is 5.97 Å². The molecular formula is C16H27NO3Si. The zero-order chi connectivity index (χ0) is 16.1. The molecule has 1 unspecified atom stereocenters. The van der Waals surface area contributed by atoms with Gasteiger partial charge in [-0.2, -0.15) is 0 Å². The van der Waals surface area contributed by atoms with Gasteiger partial charge in [-0.05, 0) is 23.7 Å². The molecule has 0 amide bonds. The summed E-state index contributed by atoms with van der Waals surface area (Å²) < 4.78 is 11.2. The maximum Gasteiger partial charge on any atom is 0.325 e. The Hall–Kier alpha value is -1.17. The Labute approximate surface area is 128 Å². The van der Waals surface area contributed by atoms with Crippen molar-refractivity contribution in [1.29, 1.82) is 0 Å². The van der Waals surface area contributed by atoms with Gasteiger partial charge in [0.1, 0.15) is 12.6 Å². The van der Waals surface area contributed by atoms with Gasteiger partial charge in [-0.3, -0.25) is 4.79 Å². The first kappa shape index (κ1) is 17.9. The van der Waals surface area contributed by atoms with E-state index >= 15 is 0 Å². The lowest BCUT2D eigenvalue weighted by Gasteiger charge is -2.36. The van der Waals surface area contributed by atoms with Crippen LogP contribution in [0.15, 0.2) is 30.3 Å². The standard InChI is InChI=1S/C16H27NO3Si/c1-16(2,3)21(4,5)20-12-14(17)15(18)19-11-13-9-7-6-8-10-13/h6-10,14H,11-12,17H2,1-5H3. The van der Waals surface area contributed by atoms with E-state index in [0.29, 0.717) is 0 Å². The van der Waals surface area contributed by atoms with E-state index in [2.05, 4.69) is 33.9 Å². The summed E-state index contributed by atoms with van der Waals surface area (Å²) >= 11 is 0. The van der Waals surface area contributed by atoms with Crippen molar-refractivity contribution in [2.75, 3.05) is 6.61 Å². The number of hydrogen-bond acceptors (Lipinski definition) is 4. The van der Waals surface area contributed by atoms with Gasteiger partial charge in [0.25, 0.3) is 0 Å². The molecule has 0 saturated carbocycles. The van der Waals surface area contributed by atoms with Crippen LogP contribution in [0.25, 0.3) is 0 Å². The molecule has 1 aromatic rings. The van der Waals surface area contributed by atoms with Gasteiger partial charge in [0.2, 0.25) is 0 Å². The first-order valence-electron chi connectivity index (χ1n) is 7.23. The molecule has 0 aromatic heterocycles. The molecule has 0 aliphatic carbocycles. The molecule has 21 heavy (non-hydrogen) atoms. The molecule has 0 bridgehead atoms. The third-order valence-electron chi connectivity index (χ3n) is 3.96. The summed E-state index contributed by atoms with van der Waals surface area (Å²) in [5.74, 6) is -0.419. The fourth-order valence-corrected chi connectivity index (χ4v) is 2.45. The first-order valence-corrected chi connectivity index (χ1v) is 10.1. The minimum Gasteiger partial charge on any atom is -0.460 e. The minimum atomic E-state index is -1.89. The van der Waals surface area contributed by atoms with Gasteiger partial charge in [0.05, 0.1) is 6.61 Å². The van der Waals surface area contributed by atoms with E-state index in [9.17, 15) is 4.79 Å². The molecule has 0 spiro atoms. The number of carbonyl (C=O) groups is 1. The Bertz CT molecular complexity index is 454. The number of nitrogens with two attached hydrogens (primary N) is 1. The topological polar surface area (TPSA) is 61.5 Å². The van der Waals surface area contributed by atoms with Crippen LogP contribution in [0.2, 0.25) is 18.1 Å². The van der Waals surface area contributed by atoms with Crippen LogP contribution in [0.3, 0.4) is 0 Å². The Morgan fingerprint density at radius 1 is 1.24 bits per heavy atom. The van der Waals surface area contributed by atoms with Crippen LogP contribution in [-0.4, -0.2) is 26.9 Å². The molecule has 1 atom stereocenters. The van der Waals surface area contributed by atoms with Crippen LogP contribution in [0.4, 0.5) is 0 Å². The summed E-state index contributed by atoms with van der Waals surface area (Å²) in [6, 6.07) is 8.82. The number of ether oxygens (including phenoxy) is 1. The van der Waals surface area contributed by atoms with E-state index in [1.165, 1.54) is 0 Å². The van der Waals surface area contributed by atoms with Crippen LogP contribution in [-0.2, 0) is 20.6 Å². The Kier molecular flexibility index (Phi) is 6.13. The smallest absolute Gasteiger partial charge is 0.325 e. The van der Waals surface area contributed by atoms with Crippen molar-refractivity contribution in [3.63, 3.8) is 0 Å². The molecule has 2 N–H and O–H groups in total. The lowest BCUT2D eigenvalue weighted by atomic mass is 10.2. The molecular weight excluding hydrogens is 282 g/mol. The number of esters is 1. The van der Waals surface area contributed by atoms with Crippen LogP contribution < -0.4 is 5.73 Å². The SMILES string of the molecule is CC(C)(C)[Si](C)(C)OCC(N)C(=O)OCc1ccccc1. The largest absolute Gasteiger partial charge is 0.460 e. The average molecular weight is 309 g/mol. The quantitative estimate of drug-likeness (QED) is 0.648. The number of benzene rings is 1. The third-order valence-corrected chi connectivity index (χ3v) is 8.46. The van der Waals surface area contributed by atoms with Crippen molar-refractivity contribution in [3.8, 4) is 0 Å². The van der Waals surface area contributed by atoms with Gasteiger partial charge < -0.3 is 14.9 Å². The highest BCUT2D eigenvalue weighted by atomic mass is 28.4. The maximum atomic E-state index is 11.9. The molecule has 0 aliphatic rings. The van der Waals surface area contributed by atoms with Crippen LogP contribution in [0.5, 0.6) is 0 Å². The second-order valence-corrected chi connectivity index (χ2v) is 11.6. The van der Waals surface area contributed by atoms with Gasteiger partial charge in [-0.25, -0.2) is 0 Å². The van der Waals surface area contributed by atoms with Gasteiger partial charge in [0.15, 0.2) is 8.32 Å². The summed E-state index contributed by atoms with van der Waals surface area (Å²) in [7, 11) is -1.89. The van der Waals surface area contributed by atoms with Crippen molar-refractivity contribution in [2.45, 2.75) is 51.6 Å². The Morgan fingerprint density at radius 3 is 2.33 bits per heavy atom. The van der Waals surface area contributed by atoms with Gasteiger partial charge in [-0.1, -0.05) is 51.1 Å². The summed E-state index contributed by atoms with van der Waals surface area (Å²) in [4.78, 5) is 11.9. The zero-order valence-corrected chi connectivity index (χ0v) is 14.7. The predicted octanol–water partition coefficient (Wildman–Crippen LogP) is 3.08. The van der Waals surface area contributed by atoms with Crippen molar-refractivity contribution >= 4 is 14.3 Å². The molecule has 0 saturated heterocycles. The van der Waals surface area contributed by atoms with Crippen LogP contribution >= 0.6 is 0 Å². The fraction of sp³-hybridized carbons (Fsp3) is 0.562. The Morgan fingerprint density at radius 2 is 1.81 bits per heavy atom. The Balaban J connectivity index is 2.42. The van der Waals surface area contributed by atoms with E-state index in [1.54, 1.807) is 0 Å².